The Labute approximate surface area is 104 Å². The van der Waals surface area contributed by atoms with Crippen LogP contribution in [0.1, 0.15) is 19.0 Å². The lowest BCUT2D eigenvalue weighted by atomic mass is 10.3. The average Bonchev–Trinajstić information content (AvgIpc) is 2.48. The minimum absolute atomic E-state index is 0.655. The highest BCUT2D eigenvalue weighted by atomic mass is 35.5. The SMILES string of the molecule is CC1CCN(Cc2csc(Cl)n2)CCS1. The summed E-state index contributed by atoms with van der Waals surface area (Å²) in [6, 6.07) is 0. The van der Waals surface area contributed by atoms with Gasteiger partial charge in [-0.25, -0.2) is 4.98 Å². The van der Waals surface area contributed by atoms with E-state index in [1.165, 1.54) is 36.6 Å². The van der Waals surface area contributed by atoms with Crippen molar-refractivity contribution >= 4 is 34.7 Å². The van der Waals surface area contributed by atoms with Crippen LogP contribution < -0.4 is 0 Å². The normalized spacial score (nSPS) is 24.0. The van der Waals surface area contributed by atoms with Crippen LogP contribution in [0.5, 0.6) is 0 Å². The van der Waals surface area contributed by atoms with Crippen LogP contribution in [-0.2, 0) is 6.54 Å². The van der Waals surface area contributed by atoms with Crippen molar-refractivity contribution in [3.63, 3.8) is 0 Å². The Morgan fingerprint density at radius 2 is 2.47 bits per heavy atom. The molecule has 0 N–H and O–H groups in total. The van der Waals surface area contributed by atoms with E-state index in [-0.39, 0.29) is 0 Å². The highest BCUT2D eigenvalue weighted by Crippen LogP contribution is 2.21. The predicted octanol–water partition coefficient (Wildman–Crippen LogP) is 3.12. The number of thioether (sulfide) groups is 1. The number of hydrogen-bond donors (Lipinski definition) is 0. The van der Waals surface area contributed by atoms with E-state index in [0.717, 1.165) is 17.5 Å². The van der Waals surface area contributed by atoms with Gasteiger partial charge in [-0.3, -0.25) is 4.90 Å². The van der Waals surface area contributed by atoms with Crippen molar-refractivity contribution in [1.82, 2.24) is 9.88 Å². The monoisotopic (exact) mass is 262 g/mol. The molecule has 1 aromatic rings. The first-order valence-electron chi connectivity index (χ1n) is 5.18. The minimum Gasteiger partial charge on any atom is -0.297 e. The molecular weight excluding hydrogens is 248 g/mol. The standard InChI is InChI=1S/C10H15ClN2S2/c1-8-2-3-13(4-5-14-8)6-9-7-15-10(11)12-9/h7-8H,2-6H2,1H3. The first-order chi connectivity index (χ1) is 7.24. The Morgan fingerprint density at radius 1 is 1.60 bits per heavy atom. The molecule has 0 radical (unpaired) electrons. The molecule has 5 heteroatoms. The van der Waals surface area contributed by atoms with E-state index in [1.54, 1.807) is 0 Å². The van der Waals surface area contributed by atoms with Crippen LogP contribution in [-0.4, -0.2) is 34.0 Å². The van der Waals surface area contributed by atoms with Gasteiger partial charge in [-0.05, 0) is 13.0 Å². The van der Waals surface area contributed by atoms with Crippen LogP contribution >= 0.6 is 34.7 Å². The smallest absolute Gasteiger partial charge is 0.183 e. The van der Waals surface area contributed by atoms with Gasteiger partial charge < -0.3 is 0 Å². The van der Waals surface area contributed by atoms with E-state index in [9.17, 15) is 0 Å². The summed E-state index contributed by atoms with van der Waals surface area (Å²) in [7, 11) is 0. The lowest BCUT2D eigenvalue weighted by Gasteiger charge is -2.17. The molecule has 1 atom stereocenters. The van der Waals surface area contributed by atoms with Crippen LogP contribution in [0.15, 0.2) is 5.38 Å². The molecule has 1 unspecified atom stereocenters. The Balaban J connectivity index is 1.88. The summed E-state index contributed by atoms with van der Waals surface area (Å²) in [5, 5.41) is 2.86. The fourth-order valence-electron chi connectivity index (χ4n) is 1.68. The second kappa shape index (κ2) is 5.53. The zero-order chi connectivity index (χ0) is 10.7. The van der Waals surface area contributed by atoms with Gasteiger partial charge in [-0.1, -0.05) is 18.5 Å². The highest BCUT2D eigenvalue weighted by molar-refractivity contribution is 7.99. The Kier molecular flexibility index (Phi) is 4.31. The zero-order valence-corrected chi connectivity index (χ0v) is 11.2. The molecule has 1 aliphatic heterocycles. The number of nitrogens with zero attached hydrogens (tertiary/aromatic N) is 2. The van der Waals surface area contributed by atoms with Crippen LogP contribution in [0.3, 0.4) is 0 Å². The highest BCUT2D eigenvalue weighted by Gasteiger charge is 2.14. The molecule has 1 saturated heterocycles. The molecule has 84 valence electrons. The number of rotatable bonds is 2. The summed E-state index contributed by atoms with van der Waals surface area (Å²) in [4.78, 5) is 6.76. The van der Waals surface area contributed by atoms with Crippen molar-refractivity contribution in [1.29, 1.82) is 0 Å². The van der Waals surface area contributed by atoms with E-state index in [0.29, 0.717) is 4.47 Å². The fraction of sp³-hybridized carbons (Fsp3) is 0.700. The van der Waals surface area contributed by atoms with Gasteiger partial charge in [0.1, 0.15) is 0 Å². The predicted molar refractivity (Wildman–Crippen MR) is 68.9 cm³/mol. The molecule has 1 fully saturated rings. The van der Waals surface area contributed by atoms with E-state index in [2.05, 4.69) is 33.9 Å². The summed E-state index contributed by atoms with van der Waals surface area (Å²) >= 11 is 9.41. The quantitative estimate of drug-likeness (QED) is 0.815. The molecule has 0 aromatic carbocycles. The second-order valence-electron chi connectivity index (χ2n) is 3.84. The molecule has 1 aliphatic rings. The second-order valence-corrected chi connectivity index (χ2v) is 6.82. The Hall–Kier alpha value is 0.230. The Bertz CT molecular complexity index is 316. The maximum Gasteiger partial charge on any atom is 0.183 e. The summed E-state index contributed by atoms with van der Waals surface area (Å²) in [5.41, 5.74) is 1.12. The van der Waals surface area contributed by atoms with E-state index >= 15 is 0 Å². The van der Waals surface area contributed by atoms with Gasteiger partial charge in [0.2, 0.25) is 0 Å². The third-order valence-corrected chi connectivity index (χ3v) is 4.82. The molecule has 2 nitrogen and oxygen atoms in total. The fourth-order valence-corrected chi connectivity index (χ4v) is 3.50. The molecule has 2 rings (SSSR count). The van der Waals surface area contributed by atoms with Crippen LogP contribution in [0.25, 0.3) is 0 Å². The van der Waals surface area contributed by atoms with Crippen molar-refractivity contribution in [2.24, 2.45) is 0 Å². The van der Waals surface area contributed by atoms with Gasteiger partial charge in [-0.2, -0.15) is 11.8 Å². The van der Waals surface area contributed by atoms with Crippen LogP contribution in [0.2, 0.25) is 4.47 Å². The number of halogens is 1. The lowest BCUT2D eigenvalue weighted by Crippen LogP contribution is -2.25. The molecule has 0 aliphatic carbocycles. The average molecular weight is 263 g/mol. The van der Waals surface area contributed by atoms with Crippen molar-refractivity contribution in [2.75, 3.05) is 18.8 Å². The molecule has 1 aromatic heterocycles. The topological polar surface area (TPSA) is 16.1 Å². The lowest BCUT2D eigenvalue weighted by molar-refractivity contribution is 0.281. The largest absolute Gasteiger partial charge is 0.297 e. The third kappa shape index (κ3) is 3.63. The maximum absolute atomic E-state index is 5.82. The number of hydrogen-bond acceptors (Lipinski definition) is 4. The minimum atomic E-state index is 0.655. The summed E-state index contributed by atoms with van der Waals surface area (Å²) in [6.45, 7) is 5.62. The molecule has 0 spiro atoms. The van der Waals surface area contributed by atoms with Crippen LogP contribution in [0, 0.1) is 0 Å². The van der Waals surface area contributed by atoms with Gasteiger partial charge in [0.15, 0.2) is 4.47 Å². The Morgan fingerprint density at radius 3 is 3.20 bits per heavy atom. The first-order valence-corrected chi connectivity index (χ1v) is 7.48. The van der Waals surface area contributed by atoms with E-state index in [4.69, 9.17) is 11.6 Å². The summed E-state index contributed by atoms with van der Waals surface area (Å²) in [6.07, 6.45) is 1.28. The maximum atomic E-state index is 5.82. The van der Waals surface area contributed by atoms with Gasteiger partial charge in [0.05, 0.1) is 5.69 Å². The van der Waals surface area contributed by atoms with Crippen molar-refractivity contribution in [2.45, 2.75) is 25.1 Å². The molecule has 0 amide bonds. The first kappa shape index (κ1) is 11.7. The van der Waals surface area contributed by atoms with Crippen molar-refractivity contribution < 1.29 is 0 Å². The van der Waals surface area contributed by atoms with Crippen molar-refractivity contribution in [3.05, 3.63) is 15.5 Å². The molecule has 15 heavy (non-hydrogen) atoms. The molecular formula is C10H15ClN2S2. The summed E-state index contributed by atoms with van der Waals surface area (Å²) in [5.74, 6) is 1.24. The molecule has 2 heterocycles. The van der Waals surface area contributed by atoms with Gasteiger partial charge in [0, 0.05) is 29.5 Å². The third-order valence-electron chi connectivity index (χ3n) is 2.57. The van der Waals surface area contributed by atoms with Gasteiger partial charge >= 0.3 is 0 Å². The summed E-state index contributed by atoms with van der Waals surface area (Å²) < 4.78 is 0.655. The molecule has 0 bridgehead atoms. The number of thiazole rings is 1. The van der Waals surface area contributed by atoms with Crippen molar-refractivity contribution in [3.8, 4) is 0 Å². The van der Waals surface area contributed by atoms with E-state index in [1.807, 2.05) is 0 Å². The zero-order valence-electron chi connectivity index (χ0n) is 8.78. The van der Waals surface area contributed by atoms with Gasteiger partial charge in [0.25, 0.3) is 0 Å². The van der Waals surface area contributed by atoms with Crippen LogP contribution in [0.4, 0.5) is 0 Å². The van der Waals surface area contributed by atoms with Gasteiger partial charge in [-0.15, -0.1) is 11.3 Å². The number of aromatic nitrogens is 1. The van der Waals surface area contributed by atoms with E-state index < -0.39 is 0 Å². The molecule has 0 saturated carbocycles.